The molecule has 1 aliphatic heterocycles. The number of carbonyl (C=O) groups excluding carboxylic acids is 1. The zero-order valence-corrected chi connectivity index (χ0v) is 18.3. The minimum atomic E-state index is -0.107. The third-order valence-electron chi connectivity index (χ3n) is 4.89. The average molecular weight is 446 g/mol. The van der Waals surface area contributed by atoms with E-state index >= 15 is 0 Å². The van der Waals surface area contributed by atoms with Crippen LogP contribution in [-0.4, -0.2) is 50.5 Å². The number of methoxy groups -OCH3 is 1. The molecule has 3 aromatic rings. The molecule has 0 fully saturated rings. The van der Waals surface area contributed by atoms with E-state index in [1.54, 1.807) is 25.0 Å². The quantitative estimate of drug-likeness (QED) is 0.573. The normalized spacial score (nSPS) is 13.5. The standard InChI is InChI=1S/C19H20ClN7O2S/c1-9-5-23-11(14(20)17(9)29-3)6-27-18-13-16(26-27)15(21)10(4-12(28)22-2)7-30-19(13)25-8-24-18/h5,8H,4,6-7,21H2,1-3H3,(H,22,28). The summed E-state index contributed by atoms with van der Waals surface area (Å²) in [6, 6.07) is 0. The van der Waals surface area contributed by atoms with Gasteiger partial charge in [-0.2, -0.15) is 5.10 Å². The van der Waals surface area contributed by atoms with Crippen molar-refractivity contribution in [1.82, 2.24) is 30.0 Å². The predicted molar refractivity (Wildman–Crippen MR) is 115 cm³/mol. The smallest absolute Gasteiger partial charge is 0.223 e. The lowest BCUT2D eigenvalue weighted by Crippen LogP contribution is -2.20. The lowest BCUT2D eigenvalue weighted by Gasteiger charge is -2.11. The van der Waals surface area contributed by atoms with Crippen molar-refractivity contribution in [2.24, 2.45) is 5.73 Å². The van der Waals surface area contributed by atoms with Crippen molar-refractivity contribution in [3.8, 4) is 5.75 Å². The third-order valence-corrected chi connectivity index (χ3v) is 6.36. The molecule has 0 saturated carbocycles. The zero-order valence-electron chi connectivity index (χ0n) is 16.7. The molecule has 0 atom stereocenters. The summed E-state index contributed by atoms with van der Waals surface area (Å²) >= 11 is 8.02. The molecule has 4 rings (SSSR count). The number of ether oxygens (including phenoxy) is 1. The van der Waals surface area contributed by atoms with Gasteiger partial charge >= 0.3 is 0 Å². The lowest BCUT2D eigenvalue weighted by molar-refractivity contribution is -0.119. The number of hydrogen-bond donors (Lipinski definition) is 2. The second-order valence-electron chi connectivity index (χ2n) is 6.77. The van der Waals surface area contributed by atoms with Crippen molar-refractivity contribution < 1.29 is 9.53 Å². The Morgan fingerprint density at radius 2 is 2.20 bits per heavy atom. The SMILES string of the molecule is CNC(=O)CC1=C(N)c2nn(Cc3ncc(C)c(OC)c3Cl)c3ncnc(c23)SC1. The van der Waals surface area contributed by atoms with E-state index in [4.69, 9.17) is 27.2 Å². The van der Waals surface area contributed by atoms with Crippen LogP contribution in [0.3, 0.4) is 0 Å². The summed E-state index contributed by atoms with van der Waals surface area (Å²) in [6.07, 6.45) is 3.41. The zero-order chi connectivity index (χ0) is 21.4. The van der Waals surface area contributed by atoms with Crippen LogP contribution >= 0.6 is 23.4 Å². The number of halogens is 1. The molecule has 0 bridgehead atoms. The van der Waals surface area contributed by atoms with Crippen LogP contribution in [0.1, 0.15) is 23.4 Å². The first-order chi connectivity index (χ1) is 14.4. The van der Waals surface area contributed by atoms with E-state index in [0.717, 1.165) is 21.5 Å². The Morgan fingerprint density at radius 3 is 2.93 bits per heavy atom. The number of aromatic nitrogens is 5. The van der Waals surface area contributed by atoms with Crippen molar-refractivity contribution >= 4 is 46.0 Å². The molecule has 0 saturated heterocycles. The van der Waals surface area contributed by atoms with Gasteiger partial charge in [-0.25, -0.2) is 14.6 Å². The number of pyridine rings is 1. The fraction of sp³-hybridized carbons (Fsp3) is 0.316. The Balaban J connectivity index is 1.83. The van der Waals surface area contributed by atoms with Gasteiger partial charge in [0.15, 0.2) is 5.65 Å². The van der Waals surface area contributed by atoms with Crippen molar-refractivity contribution in [2.45, 2.75) is 24.9 Å². The molecule has 3 aromatic heterocycles. The lowest BCUT2D eigenvalue weighted by atomic mass is 10.1. The molecule has 1 amide bonds. The summed E-state index contributed by atoms with van der Waals surface area (Å²) < 4.78 is 7.10. The Hall–Kier alpha value is -2.85. The number of aryl methyl sites for hydroxylation is 1. The largest absolute Gasteiger partial charge is 0.495 e. The predicted octanol–water partition coefficient (Wildman–Crippen LogP) is 2.15. The first kappa shape index (κ1) is 20.4. The molecular weight excluding hydrogens is 426 g/mol. The van der Waals surface area contributed by atoms with Gasteiger partial charge in [-0.1, -0.05) is 11.6 Å². The molecule has 156 valence electrons. The number of nitrogens with two attached hydrogens (primary N) is 1. The van der Waals surface area contributed by atoms with Crippen LogP contribution in [0.25, 0.3) is 16.7 Å². The highest BCUT2D eigenvalue weighted by atomic mass is 35.5. The second-order valence-corrected chi connectivity index (χ2v) is 8.12. The van der Waals surface area contributed by atoms with Gasteiger partial charge in [-0.15, -0.1) is 11.8 Å². The van der Waals surface area contributed by atoms with Crippen LogP contribution in [0.4, 0.5) is 0 Å². The van der Waals surface area contributed by atoms with Gasteiger partial charge in [0, 0.05) is 24.6 Å². The van der Waals surface area contributed by atoms with Crippen LogP contribution in [0.2, 0.25) is 5.02 Å². The molecule has 0 aromatic carbocycles. The first-order valence-corrected chi connectivity index (χ1v) is 10.5. The van der Waals surface area contributed by atoms with Crippen molar-refractivity contribution in [2.75, 3.05) is 19.9 Å². The summed E-state index contributed by atoms with van der Waals surface area (Å²) in [5, 5.41) is 9.31. The second kappa shape index (κ2) is 8.11. The Bertz CT molecular complexity index is 1190. The van der Waals surface area contributed by atoms with E-state index in [1.165, 1.54) is 18.1 Å². The highest BCUT2D eigenvalue weighted by Crippen LogP contribution is 2.37. The summed E-state index contributed by atoms with van der Waals surface area (Å²) in [4.78, 5) is 25.2. The molecule has 0 aliphatic carbocycles. The van der Waals surface area contributed by atoms with Gasteiger partial charge in [-0.05, 0) is 12.5 Å². The number of hydrogen-bond acceptors (Lipinski definition) is 8. The number of nitrogens with one attached hydrogen (secondary N) is 1. The molecule has 9 nitrogen and oxygen atoms in total. The molecule has 11 heteroatoms. The van der Waals surface area contributed by atoms with Crippen molar-refractivity contribution in [3.05, 3.63) is 40.1 Å². The van der Waals surface area contributed by atoms with Gasteiger partial charge in [0.05, 0.1) is 36.9 Å². The van der Waals surface area contributed by atoms with Gasteiger partial charge in [0.1, 0.15) is 27.8 Å². The molecule has 0 spiro atoms. The molecule has 4 heterocycles. The molecule has 0 unspecified atom stereocenters. The van der Waals surface area contributed by atoms with Crippen LogP contribution in [0.5, 0.6) is 5.75 Å². The fourth-order valence-corrected chi connectivity index (χ4v) is 4.67. The topological polar surface area (TPSA) is 121 Å². The van der Waals surface area contributed by atoms with Gasteiger partial charge in [0.2, 0.25) is 5.91 Å². The minimum absolute atomic E-state index is 0.107. The monoisotopic (exact) mass is 445 g/mol. The number of carbonyl (C=O) groups is 1. The molecule has 30 heavy (non-hydrogen) atoms. The van der Waals surface area contributed by atoms with E-state index in [1.807, 2.05) is 6.92 Å². The highest BCUT2D eigenvalue weighted by molar-refractivity contribution is 7.99. The number of rotatable bonds is 5. The first-order valence-electron chi connectivity index (χ1n) is 9.15. The van der Waals surface area contributed by atoms with E-state index in [-0.39, 0.29) is 18.9 Å². The van der Waals surface area contributed by atoms with E-state index in [0.29, 0.717) is 39.3 Å². The maximum absolute atomic E-state index is 11.9. The Labute approximate surface area is 182 Å². The average Bonchev–Trinajstić information content (AvgIpc) is 3.05. The van der Waals surface area contributed by atoms with Crippen molar-refractivity contribution in [3.63, 3.8) is 0 Å². The van der Waals surface area contributed by atoms with Gasteiger partial charge < -0.3 is 15.8 Å². The van der Waals surface area contributed by atoms with E-state index in [9.17, 15) is 4.79 Å². The minimum Gasteiger partial charge on any atom is -0.495 e. The Kier molecular flexibility index (Phi) is 5.52. The van der Waals surface area contributed by atoms with E-state index < -0.39 is 0 Å². The summed E-state index contributed by atoms with van der Waals surface area (Å²) in [6.45, 7) is 2.16. The maximum Gasteiger partial charge on any atom is 0.223 e. The molecule has 0 radical (unpaired) electrons. The molecular formula is C19H20ClN7O2S. The summed E-state index contributed by atoms with van der Waals surface area (Å²) in [5.74, 6) is 1.03. The van der Waals surface area contributed by atoms with Gasteiger partial charge in [0.25, 0.3) is 0 Å². The van der Waals surface area contributed by atoms with Crippen LogP contribution in [0.15, 0.2) is 23.1 Å². The maximum atomic E-state index is 11.9. The fourth-order valence-electron chi connectivity index (χ4n) is 3.32. The van der Waals surface area contributed by atoms with Gasteiger partial charge in [-0.3, -0.25) is 9.78 Å². The Morgan fingerprint density at radius 1 is 1.40 bits per heavy atom. The van der Waals surface area contributed by atoms with Crippen LogP contribution < -0.4 is 15.8 Å². The van der Waals surface area contributed by atoms with Crippen LogP contribution in [-0.2, 0) is 11.3 Å². The summed E-state index contributed by atoms with van der Waals surface area (Å²) in [7, 11) is 3.17. The van der Waals surface area contributed by atoms with E-state index in [2.05, 4.69) is 20.3 Å². The van der Waals surface area contributed by atoms with Crippen LogP contribution in [0, 0.1) is 6.92 Å². The van der Waals surface area contributed by atoms with Crippen molar-refractivity contribution in [1.29, 1.82) is 0 Å². The number of thioether (sulfide) groups is 1. The number of nitrogens with zero attached hydrogens (tertiary/aromatic N) is 5. The third kappa shape index (κ3) is 3.46. The molecule has 1 aliphatic rings. The highest BCUT2D eigenvalue weighted by Gasteiger charge is 2.25. The summed E-state index contributed by atoms with van der Waals surface area (Å²) in [5.41, 5.74) is 10.4. The molecule has 3 N–H and O–H groups in total. The number of amides is 1.